The molecule has 1 atom stereocenters. The molecule has 1 amide bonds. The summed E-state index contributed by atoms with van der Waals surface area (Å²) < 4.78 is 0. The molecule has 1 rings (SSSR count). The van der Waals surface area contributed by atoms with Crippen molar-refractivity contribution in [3.05, 3.63) is 17.5 Å². The molecule has 1 N–H and O–H groups in total. The van der Waals surface area contributed by atoms with Crippen molar-refractivity contribution in [3.8, 4) is 0 Å². The van der Waals surface area contributed by atoms with Gasteiger partial charge in [0.2, 0.25) is 11.2 Å². The summed E-state index contributed by atoms with van der Waals surface area (Å²) in [6.07, 6.45) is 1.53. The molecule has 1 aromatic heterocycles. The van der Waals surface area contributed by atoms with Gasteiger partial charge in [-0.1, -0.05) is 0 Å². The van der Waals surface area contributed by atoms with Crippen molar-refractivity contribution < 1.29 is 4.79 Å². The van der Waals surface area contributed by atoms with Gasteiger partial charge < -0.3 is 10.2 Å². The number of carbonyl (C=O) groups is 1. The van der Waals surface area contributed by atoms with E-state index in [1.165, 1.54) is 11.1 Å². The summed E-state index contributed by atoms with van der Waals surface area (Å²) in [5, 5.41) is 3.09. The number of aromatic nitrogens is 2. The van der Waals surface area contributed by atoms with E-state index in [1.54, 1.807) is 27.1 Å². The van der Waals surface area contributed by atoms with Crippen LogP contribution >= 0.6 is 11.6 Å². The number of nitrogens with one attached hydrogen (secondary N) is 1. The first-order valence-electron chi connectivity index (χ1n) is 4.47. The van der Waals surface area contributed by atoms with Gasteiger partial charge in [-0.2, -0.15) is 0 Å². The lowest BCUT2D eigenvalue weighted by Crippen LogP contribution is -2.36. The molecule has 0 radical (unpaired) electrons. The van der Waals surface area contributed by atoms with Gasteiger partial charge in [-0.3, -0.25) is 4.79 Å². The molecule has 1 heterocycles. The number of likely N-dealkylation sites (N-methyl/N-ethyl adjacent to an activating group) is 1. The number of carbonyl (C=O) groups excluding carboxylic acids is 1. The topological polar surface area (TPSA) is 58.1 Å². The predicted octanol–water partition coefficient (Wildman–Crippen LogP) is 1.02. The Morgan fingerprint density at radius 1 is 1.60 bits per heavy atom. The molecule has 6 heteroatoms. The Bertz CT molecular complexity index is 356. The number of halogens is 1. The molecule has 15 heavy (non-hydrogen) atoms. The summed E-state index contributed by atoms with van der Waals surface area (Å²) in [5.74, 6) is 0.516. The molecule has 0 saturated carbocycles. The Hall–Kier alpha value is -1.36. The van der Waals surface area contributed by atoms with Crippen LogP contribution in [0.1, 0.15) is 6.92 Å². The van der Waals surface area contributed by atoms with Crippen molar-refractivity contribution in [2.24, 2.45) is 0 Å². The van der Waals surface area contributed by atoms with Crippen molar-refractivity contribution in [2.75, 3.05) is 19.4 Å². The number of rotatable bonds is 3. The van der Waals surface area contributed by atoms with Crippen molar-refractivity contribution in [3.63, 3.8) is 0 Å². The second kappa shape index (κ2) is 4.93. The van der Waals surface area contributed by atoms with Gasteiger partial charge in [-0.05, 0) is 24.6 Å². The van der Waals surface area contributed by atoms with Gasteiger partial charge in [0, 0.05) is 20.3 Å². The van der Waals surface area contributed by atoms with Crippen LogP contribution in [0.25, 0.3) is 0 Å². The Morgan fingerprint density at radius 3 is 2.80 bits per heavy atom. The van der Waals surface area contributed by atoms with Gasteiger partial charge in [-0.25, -0.2) is 9.97 Å². The smallest absolute Gasteiger partial charge is 0.244 e. The summed E-state index contributed by atoms with van der Waals surface area (Å²) in [6, 6.07) is 1.32. The van der Waals surface area contributed by atoms with Gasteiger partial charge in [0.05, 0.1) is 0 Å². The molecule has 0 aliphatic carbocycles. The number of hydrogen-bond acceptors (Lipinski definition) is 4. The van der Waals surface area contributed by atoms with Gasteiger partial charge in [0.15, 0.2) is 0 Å². The Balaban J connectivity index is 2.66. The molecule has 0 saturated heterocycles. The predicted molar refractivity (Wildman–Crippen MR) is 58.8 cm³/mol. The molecular formula is C9H13ClN4O. The highest BCUT2D eigenvalue weighted by atomic mass is 35.5. The van der Waals surface area contributed by atoms with E-state index in [4.69, 9.17) is 11.6 Å². The SMILES string of the molecule is CC(Nc1ccnc(Cl)n1)C(=O)N(C)C. The van der Waals surface area contributed by atoms with E-state index in [1.807, 2.05) is 0 Å². The quantitative estimate of drug-likeness (QED) is 0.785. The first-order chi connectivity index (χ1) is 7.00. The third-order valence-electron chi connectivity index (χ3n) is 1.80. The molecule has 5 nitrogen and oxygen atoms in total. The Kier molecular flexibility index (Phi) is 3.85. The van der Waals surface area contributed by atoms with Gasteiger partial charge in [0.25, 0.3) is 0 Å². The lowest BCUT2D eigenvalue weighted by Gasteiger charge is -2.18. The van der Waals surface area contributed by atoms with E-state index in [0.29, 0.717) is 5.82 Å². The molecule has 0 bridgehead atoms. The van der Waals surface area contributed by atoms with Crippen LogP contribution < -0.4 is 5.32 Å². The van der Waals surface area contributed by atoms with Crippen LogP contribution in [-0.2, 0) is 4.79 Å². The zero-order valence-corrected chi connectivity index (χ0v) is 9.62. The van der Waals surface area contributed by atoms with Crippen LogP contribution in [0.15, 0.2) is 12.3 Å². The lowest BCUT2D eigenvalue weighted by atomic mass is 10.3. The lowest BCUT2D eigenvalue weighted by molar-refractivity contribution is -0.129. The minimum absolute atomic E-state index is 0.0234. The standard InChI is InChI=1S/C9H13ClN4O/c1-6(8(15)14(2)3)12-7-4-5-11-9(10)13-7/h4-6H,1-3H3,(H,11,12,13). The number of nitrogens with zero attached hydrogens (tertiary/aromatic N) is 3. The summed E-state index contributed by atoms with van der Waals surface area (Å²) in [6.45, 7) is 1.76. The first kappa shape index (κ1) is 11.7. The molecule has 0 spiro atoms. The van der Waals surface area contributed by atoms with E-state index in [0.717, 1.165) is 0 Å². The fraction of sp³-hybridized carbons (Fsp3) is 0.444. The fourth-order valence-electron chi connectivity index (χ4n) is 1.09. The average molecular weight is 229 g/mol. The van der Waals surface area contributed by atoms with Gasteiger partial charge in [-0.15, -0.1) is 0 Å². The maximum absolute atomic E-state index is 11.5. The monoisotopic (exact) mass is 228 g/mol. The van der Waals surface area contributed by atoms with Crippen LogP contribution in [0, 0.1) is 0 Å². The normalized spacial score (nSPS) is 12.0. The zero-order chi connectivity index (χ0) is 11.4. The molecule has 0 aromatic carbocycles. The van der Waals surface area contributed by atoms with Crippen molar-refractivity contribution in [2.45, 2.75) is 13.0 Å². The second-order valence-electron chi connectivity index (χ2n) is 3.31. The summed E-state index contributed by atoms with van der Waals surface area (Å²) in [5.41, 5.74) is 0. The summed E-state index contributed by atoms with van der Waals surface area (Å²) in [4.78, 5) is 20.7. The highest BCUT2D eigenvalue weighted by Crippen LogP contribution is 2.07. The number of amides is 1. The maximum atomic E-state index is 11.5. The average Bonchev–Trinajstić information content (AvgIpc) is 2.16. The minimum atomic E-state index is -0.342. The third kappa shape index (κ3) is 3.36. The highest BCUT2D eigenvalue weighted by molar-refractivity contribution is 6.28. The molecule has 0 aliphatic rings. The van der Waals surface area contributed by atoms with E-state index in [9.17, 15) is 4.79 Å². The maximum Gasteiger partial charge on any atom is 0.244 e. The molecule has 1 aromatic rings. The van der Waals surface area contributed by atoms with E-state index in [-0.39, 0.29) is 17.2 Å². The summed E-state index contributed by atoms with van der Waals surface area (Å²) in [7, 11) is 3.40. The van der Waals surface area contributed by atoms with Crippen LogP contribution in [-0.4, -0.2) is 40.9 Å². The van der Waals surface area contributed by atoms with E-state index < -0.39 is 0 Å². The largest absolute Gasteiger partial charge is 0.358 e. The van der Waals surface area contributed by atoms with Crippen LogP contribution in [0.3, 0.4) is 0 Å². The van der Waals surface area contributed by atoms with E-state index >= 15 is 0 Å². The van der Waals surface area contributed by atoms with Crippen LogP contribution in [0.2, 0.25) is 5.28 Å². The van der Waals surface area contributed by atoms with E-state index in [2.05, 4.69) is 15.3 Å². The third-order valence-corrected chi connectivity index (χ3v) is 1.98. The molecule has 0 aliphatic heterocycles. The van der Waals surface area contributed by atoms with Crippen molar-refractivity contribution in [1.82, 2.24) is 14.9 Å². The molecule has 1 unspecified atom stereocenters. The Labute approximate surface area is 93.5 Å². The fourth-order valence-corrected chi connectivity index (χ4v) is 1.23. The minimum Gasteiger partial charge on any atom is -0.358 e. The van der Waals surface area contributed by atoms with Crippen LogP contribution in [0.4, 0.5) is 5.82 Å². The van der Waals surface area contributed by atoms with Crippen molar-refractivity contribution >= 4 is 23.3 Å². The zero-order valence-electron chi connectivity index (χ0n) is 8.86. The van der Waals surface area contributed by atoms with Crippen LogP contribution in [0.5, 0.6) is 0 Å². The van der Waals surface area contributed by atoms with Crippen molar-refractivity contribution in [1.29, 1.82) is 0 Å². The molecular weight excluding hydrogens is 216 g/mol. The number of hydrogen-bond donors (Lipinski definition) is 1. The second-order valence-corrected chi connectivity index (χ2v) is 3.65. The Morgan fingerprint density at radius 2 is 2.27 bits per heavy atom. The number of anilines is 1. The molecule has 0 fully saturated rings. The molecule has 82 valence electrons. The summed E-state index contributed by atoms with van der Waals surface area (Å²) >= 11 is 5.61. The van der Waals surface area contributed by atoms with Gasteiger partial charge >= 0.3 is 0 Å². The van der Waals surface area contributed by atoms with Gasteiger partial charge in [0.1, 0.15) is 11.9 Å². The first-order valence-corrected chi connectivity index (χ1v) is 4.84. The highest BCUT2D eigenvalue weighted by Gasteiger charge is 2.14.